The molecule has 17 heavy (non-hydrogen) atoms. The van der Waals surface area contributed by atoms with Crippen molar-refractivity contribution < 1.29 is 9.15 Å². The summed E-state index contributed by atoms with van der Waals surface area (Å²) in [5, 5.41) is 3.37. The Labute approximate surface area is 104 Å². The summed E-state index contributed by atoms with van der Waals surface area (Å²) in [5.41, 5.74) is 1.19. The summed E-state index contributed by atoms with van der Waals surface area (Å²) >= 11 is 0. The predicted molar refractivity (Wildman–Crippen MR) is 67.7 cm³/mol. The zero-order valence-corrected chi connectivity index (χ0v) is 10.9. The summed E-state index contributed by atoms with van der Waals surface area (Å²) in [5.74, 6) is 1.01. The number of hydrogen-bond donors (Lipinski definition) is 1. The molecule has 1 aliphatic rings. The van der Waals surface area contributed by atoms with Crippen molar-refractivity contribution in [1.29, 1.82) is 0 Å². The maximum Gasteiger partial charge on any atom is 0.123 e. The monoisotopic (exact) mass is 237 g/mol. The van der Waals surface area contributed by atoms with E-state index >= 15 is 0 Å². The Morgan fingerprint density at radius 2 is 2.18 bits per heavy atom. The van der Waals surface area contributed by atoms with E-state index in [-0.39, 0.29) is 0 Å². The average molecular weight is 237 g/mol. The van der Waals surface area contributed by atoms with Gasteiger partial charge in [0.15, 0.2) is 0 Å². The van der Waals surface area contributed by atoms with Gasteiger partial charge in [0.1, 0.15) is 5.76 Å². The second-order valence-electron chi connectivity index (χ2n) is 5.12. The van der Waals surface area contributed by atoms with Gasteiger partial charge < -0.3 is 14.5 Å². The Balaban J connectivity index is 1.80. The lowest BCUT2D eigenvalue weighted by molar-refractivity contribution is 0.0448. The first kappa shape index (κ1) is 12.7. The highest BCUT2D eigenvalue weighted by molar-refractivity contribution is 5.15. The van der Waals surface area contributed by atoms with Crippen LogP contribution in [-0.2, 0) is 17.9 Å². The van der Waals surface area contributed by atoms with E-state index in [0.29, 0.717) is 18.8 Å². The van der Waals surface area contributed by atoms with Crippen LogP contribution in [0, 0.1) is 0 Å². The van der Waals surface area contributed by atoms with Gasteiger partial charge in [-0.05, 0) is 18.9 Å². The number of furan rings is 1. The van der Waals surface area contributed by atoms with Gasteiger partial charge in [-0.25, -0.2) is 0 Å². The second kappa shape index (κ2) is 6.22. The lowest BCUT2D eigenvalue weighted by Gasteiger charge is -2.11. The minimum atomic E-state index is 0.468. The van der Waals surface area contributed by atoms with Crippen molar-refractivity contribution >= 4 is 0 Å². The first-order valence-corrected chi connectivity index (χ1v) is 6.66. The first-order valence-electron chi connectivity index (χ1n) is 6.66. The van der Waals surface area contributed by atoms with E-state index in [1.165, 1.54) is 31.2 Å². The van der Waals surface area contributed by atoms with E-state index in [0.717, 1.165) is 12.3 Å². The highest BCUT2D eigenvalue weighted by Crippen LogP contribution is 2.23. The molecule has 3 nitrogen and oxygen atoms in total. The molecule has 1 aliphatic carbocycles. The molecule has 0 atom stereocenters. The fraction of sp³-hybridized carbons (Fsp3) is 0.714. The Hall–Kier alpha value is -0.800. The van der Waals surface area contributed by atoms with Crippen LogP contribution in [0.25, 0.3) is 0 Å². The summed E-state index contributed by atoms with van der Waals surface area (Å²) < 4.78 is 11.4. The van der Waals surface area contributed by atoms with E-state index in [1.54, 1.807) is 6.26 Å². The van der Waals surface area contributed by atoms with Crippen molar-refractivity contribution in [2.24, 2.45) is 0 Å². The molecule has 2 rings (SSSR count). The van der Waals surface area contributed by atoms with Gasteiger partial charge in [0.2, 0.25) is 0 Å². The smallest absolute Gasteiger partial charge is 0.123 e. The molecule has 0 spiro atoms. The lowest BCUT2D eigenvalue weighted by atomic mass is 10.2. The highest BCUT2D eigenvalue weighted by atomic mass is 16.5. The van der Waals surface area contributed by atoms with E-state index < -0.39 is 0 Å². The van der Waals surface area contributed by atoms with Crippen molar-refractivity contribution in [2.45, 2.75) is 64.8 Å². The lowest BCUT2D eigenvalue weighted by Crippen LogP contribution is -2.22. The van der Waals surface area contributed by atoms with Crippen LogP contribution in [0.4, 0.5) is 0 Å². The summed E-state index contributed by atoms with van der Waals surface area (Å²) in [6.07, 6.45) is 7.30. The molecule has 3 heteroatoms. The van der Waals surface area contributed by atoms with E-state index in [9.17, 15) is 0 Å². The fourth-order valence-electron chi connectivity index (χ4n) is 2.21. The van der Waals surface area contributed by atoms with Gasteiger partial charge in [-0.2, -0.15) is 0 Å². The van der Waals surface area contributed by atoms with Gasteiger partial charge in [-0.3, -0.25) is 0 Å². The third-order valence-corrected chi connectivity index (χ3v) is 3.29. The van der Waals surface area contributed by atoms with Crippen molar-refractivity contribution in [2.75, 3.05) is 0 Å². The summed E-state index contributed by atoms with van der Waals surface area (Å²) in [6, 6.07) is 2.50. The van der Waals surface area contributed by atoms with Crippen LogP contribution in [0.3, 0.4) is 0 Å². The van der Waals surface area contributed by atoms with Gasteiger partial charge in [-0.1, -0.05) is 26.7 Å². The van der Waals surface area contributed by atoms with Gasteiger partial charge in [0.25, 0.3) is 0 Å². The van der Waals surface area contributed by atoms with Crippen LogP contribution in [0.5, 0.6) is 0 Å². The standard InChI is InChI=1S/C14H23NO2/c1-11(2)15-9-14-12(7-8-16-14)10-17-13-5-3-4-6-13/h7-8,11,13,15H,3-6,9-10H2,1-2H3. The third kappa shape index (κ3) is 3.86. The topological polar surface area (TPSA) is 34.4 Å². The van der Waals surface area contributed by atoms with Gasteiger partial charge in [0.05, 0.1) is 25.5 Å². The Kier molecular flexibility index (Phi) is 4.63. The molecule has 1 N–H and O–H groups in total. The van der Waals surface area contributed by atoms with Gasteiger partial charge >= 0.3 is 0 Å². The molecular weight excluding hydrogens is 214 g/mol. The fourth-order valence-corrected chi connectivity index (χ4v) is 2.21. The van der Waals surface area contributed by atoms with Gasteiger partial charge in [-0.15, -0.1) is 0 Å². The zero-order chi connectivity index (χ0) is 12.1. The predicted octanol–water partition coefficient (Wildman–Crippen LogP) is 3.24. The van der Waals surface area contributed by atoms with Crippen LogP contribution in [0.1, 0.15) is 50.9 Å². The van der Waals surface area contributed by atoms with Crippen LogP contribution >= 0.6 is 0 Å². The molecule has 0 radical (unpaired) electrons. The number of ether oxygens (including phenoxy) is 1. The quantitative estimate of drug-likeness (QED) is 0.824. The summed E-state index contributed by atoms with van der Waals surface area (Å²) in [6.45, 7) is 5.75. The molecule has 1 heterocycles. The summed E-state index contributed by atoms with van der Waals surface area (Å²) in [4.78, 5) is 0. The SMILES string of the molecule is CC(C)NCc1occc1COC1CCCC1. The molecule has 0 saturated heterocycles. The number of nitrogens with one attached hydrogen (secondary N) is 1. The van der Waals surface area contributed by atoms with E-state index in [1.807, 2.05) is 6.07 Å². The normalized spacial score (nSPS) is 17.1. The van der Waals surface area contributed by atoms with Crippen LogP contribution in [-0.4, -0.2) is 12.1 Å². The Morgan fingerprint density at radius 1 is 1.41 bits per heavy atom. The van der Waals surface area contributed by atoms with Crippen LogP contribution < -0.4 is 5.32 Å². The minimum absolute atomic E-state index is 0.468. The Bertz CT molecular complexity index is 327. The maximum atomic E-state index is 5.91. The molecule has 1 aromatic rings. The molecule has 1 fully saturated rings. The zero-order valence-electron chi connectivity index (χ0n) is 10.9. The average Bonchev–Trinajstić information content (AvgIpc) is 2.95. The van der Waals surface area contributed by atoms with Gasteiger partial charge in [0, 0.05) is 11.6 Å². The van der Waals surface area contributed by atoms with Crippen LogP contribution in [0.2, 0.25) is 0 Å². The number of hydrogen-bond acceptors (Lipinski definition) is 3. The molecule has 1 aromatic heterocycles. The third-order valence-electron chi connectivity index (χ3n) is 3.29. The van der Waals surface area contributed by atoms with Crippen molar-refractivity contribution in [3.63, 3.8) is 0 Å². The minimum Gasteiger partial charge on any atom is -0.468 e. The molecular formula is C14H23NO2. The largest absolute Gasteiger partial charge is 0.468 e. The van der Waals surface area contributed by atoms with Crippen LogP contribution in [0.15, 0.2) is 16.7 Å². The van der Waals surface area contributed by atoms with Crippen molar-refractivity contribution in [3.05, 3.63) is 23.7 Å². The Morgan fingerprint density at radius 3 is 2.88 bits per heavy atom. The molecule has 0 amide bonds. The highest BCUT2D eigenvalue weighted by Gasteiger charge is 2.16. The molecule has 96 valence electrons. The first-order chi connectivity index (χ1) is 8.25. The maximum absolute atomic E-state index is 5.91. The number of rotatable bonds is 6. The molecule has 0 unspecified atom stereocenters. The molecule has 0 bridgehead atoms. The molecule has 1 saturated carbocycles. The molecule has 0 aliphatic heterocycles. The molecule has 0 aromatic carbocycles. The van der Waals surface area contributed by atoms with E-state index in [2.05, 4.69) is 19.2 Å². The summed E-state index contributed by atoms with van der Waals surface area (Å²) in [7, 11) is 0. The van der Waals surface area contributed by atoms with E-state index in [4.69, 9.17) is 9.15 Å². The van der Waals surface area contributed by atoms with Crippen molar-refractivity contribution in [1.82, 2.24) is 5.32 Å². The second-order valence-corrected chi connectivity index (χ2v) is 5.12. The van der Waals surface area contributed by atoms with Crippen molar-refractivity contribution in [3.8, 4) is 0 Å².